The first-order valence-electron chi connectivity index (χ1n) is 20.5. The molecule has 4 atom stereocenters. The highest BCUT2D eigenvalue weighted by Crippen LogP contribution is 2.37. The van der Waals surface area contributed by atoms with Gasteiger partial charge in [-0.15, -0.1) is 0 Å². The van der Waals surface area contributed by atoms with Gasteiger partial charge in [-0.1, -0.05) is 116 Å². The molecule has 12 heteroatoms. The molecule has 0 aliphatic carbocycles. The Morgan fingerprint density at radius 2 is 1.31 bits per heavy atom. The lowest BCUT2D eigenvalue weighted by molar-refractivity contribution is -0.139. The predicted octanol–water partition coefficient (Wildman–Crippen LogP) is 8.38. The van der Waals surface area contributed by atoms with Gasteiger partial charge >= 0.3 is 6.09 Å². The summed E-state index contributed by atoms with van der Waals surface area (Å²) in [6, 6.07) is 34.6. The molecule has 59 heavy (non-hydrogen) atoms. The number of carbonyl (C=O) groups excluding carboxylic acids is 2. The predicted molar refractivity (Wildman–Crippen MR) is 227 cm³/mol. The number of H-pyrrole nitrogens is 2. The van der Waals surface area contributed by atoms with E-state index in [0.29, 0.717) is 11.4 Å². The number of likely N-dealkylation sites (tertiary alicyclic amines) is 2. The summed E-state index contributed by atoms with van der Waals surface area (Å²) >= 11 is 0. The minimum Gasteiger partial charge on any atom is -0.465 e. The fourth-order valence-electron chi connectivity index (χ4n) is 8.66. The van der Waals surface area contributed by atoms with Crippen LogP contribution in [0, 0.1) is 0 Å². The number of aromatic nitrogens is 4. The van der Waals surface area contributed by atoms with Crippen molar-refractivity contribution in [3.63, 3.8) is 0 Å². The van der Waals surface area contributed by atoms with Gasteiger partial charge in [0.2, 0.25) is 5.91 Å². The van der Waals surface area contributed by atoms with Crippen LogP contribution in [0.15, 0.2) is 122 Å². The molecule has 5 N–H and O–H groups in total. The van der Waals surface area contributed by atoms with Crippen molar-refractivity contribution >= 4 is 17.8 Å². The molecule has 2 aromatic heterocycles. The van der Waals surface area contributed by atoms with E-state index in [4.69, 9.17) is 4.98 Å². The molecular formula is C47H50N8O4. The number of hydrogen-bond donors (Lipinski definition) is 5. The van der Waals surface area contributed by atoms with E-state index in [0.717, 1.165) is 90.3 Å². The van der Waals surface area contributed by atoms with Crippen LogP contribution in [0.4, 0.5) is 4.79 Å². The number of benzene rings is 4. The number of nitrogens with one attached hydrogen (secondary N) is 4. The molecule has 6 aromatic rings. The number of carboxylic acid groups (broad SMARTS) is 1. The lowest BCUT2D eigenvalue weighted by Crippen LogP contribution is -2.61. The van der Waals surface area contributed by atoms with E-state index in [1.165, 1.54) is 13.3 Å². The number of aromatic amines is 2. The zero-order valence-electron chi connectivity index (χ0n) is 33.4. The maximum absolute atomic E-state index is 14.4. The van der Waals surface area contributed by atoms with E-state index >= 15 is 0 Å². The molecule has 2 unspecified atom stereocenters. The Bertz CT molecular complexity index is 2370. The summed E-state index contributed by atoms with van der Waals surface area (Å²) in [5.74, 6) is 1.15. The van der Waals surface area contributed by atoms with Crippen LogP contribution in [-0.2, 0) is 15.3 Å². The van der Waals surface area contributed by atoms with Crippen molar-refractivity contribution in [3.8, 4) is 33.6 Å². The van der Waals surface area contributed by atoms with E-state index < -0.39 is 23.6 Å². The van der Waals surface area contributed by atoms with Crippen molar-refractivity contribution in [1.29, 1.82) is 0 Å². The van der Waals surface area contributed by atoms with Gasteiger partial charge in [0.05, 0.1) is 35.9 Å². The normalized spacial score (nSPS) is 17.9. The number of piperidine rings is 1. The second kappa shape index (κ2) is 17.2. The SMILES string of the molecule is CC(=O)C(NC(=O)O)(NC(C)c1ncc(-c2ccc(-c3ccc(-c4cnc([C@@H]5CCCN5C(=O)[C@@H](c5ccccc5)N5CCCCC5)[nH]4)cc3)cc2)[nH]1)c1ccccc1. The van der Waals surface area contributed by atoms with Crippen molar-refractivity contribution in [3.05, 3.63) is 144 Å². The van der Waals surface area contributed by atoms with Gasteiger partial charge in [0.1, 0.15) is 17.7 Å². The molecule has 0 saturated carbocycles. The van der Waals surface area contributed by atoms with Gasteiger partial charge in [0, 0.05) is 6.54 Å². The minimum absolute atomic E-state index is 0.0900. The van der Waals surface area contributed by atoms with Gasteiger partial charge in [-0.05, 0) is 86.0 Å². The van der Waals surface area contributed by atoms with Gasteiger partial charge in [0.15, 0.2) is 11.4 Å². The Kier molecular flexibility index (Phi) is 11.5. The summed E-state index contributed by atoms with van der Waals surface area (Å²) in [7, 11) is 0. The third kappa shape index (κ3) is 8.32. The van der Waals surface area contributed by atoms with Gasteiger partial charge in [-0.3, -0.25) is 25.1 Å². The van der Waals surface area contributed by atoms with Gasteiger partial charge < -0.3 is 20.0 Å². The molecular weight excluding hydrogens is 741 g/mol. The molecule has 302 valence electrons. The lowest BCUT2D eigenvalue weighted by Gasteiger charge is -2.37. The highest BCUT2D eigenvalue weighted by atomic mass is 16.4. The van der Waals surface area contributed by atoms with E-state index in [1.54, 1.807) is 36.5 Å². The molecule has 2 aliphatic heterocycles. The Hall–Kier alpha value is -6.37. The second-order valence-corrected chi connectivity index (χ2v) is 15.6. The summed E-state index contributed by atoms with van der Waals surface area (Å²) in [6.07, 6.45) is 7.56. The molecule has 0 spiro atoms. The Balaban J connectivity index is 0.938. The number of ketones is 1. The van der Waals surface area contributed by atoms with Crippen LogP contribution < -0.4 is 10.6 Å². The highest BCUT2D eigenvalue weighted by Gasteiger charge is 2.41. The number of hydrogen-bond acceptors (Lipinski definition) is 7. The first-order chi connectivity index (χ1) is 28.7. The first kappa shape index (κ1) is 39.5. The first-order valence-corrected chi connectivity index (χ1v) is 20.5. The fraction of sp³-hybridized carbons (Fsp3) is 0.298. The third-order valence-electron chi connectivity index (χ3n) is 11.7. The third-order valence-corrected chi connectivity index (χ3v) is 11.7. The van der Waals surface area contributed by atoms with Gasteiger partial charge in [0.25, 0.3) is 0 Å². The van der Waals surface area contributed by atoms with E-state index in [1.807, 2.05) is 48.4 Å². The van der Waals surface area contributed by atoms with Crippen molar-refractivity contribution < 1.29 is 19.5 Å². The maximum Gasteiger partial charge on any atom is 0.406 e. The molecule has 4 aromatic carbocycles. The van der Waals surface area contributed by atoms with Crippen LogP contribution in [0.1, 0.15) is 86.9 Å². The summed E-state index contributed by atoms with van der Waals surface area (Å²) in [4.78, 5) is 59.9. The van der Waals surface area contributed by atoms with Crippen LogP contribution in [0.3, 0.4) is 0 Å². The number of amides is 2. The summed E-state index contributed by atoms with van der Waals surface area (Å²) in [5, 5.41) is 15.3. The Morgan fingerprint density at radius 3 is 1.92 bits per heavy atom. The van der Waals surface area contributed by atoms with Gasteiger partial charge in [-0.25, -0.2) is 14.8 Å². The van der Waals surface area contributed by atoms with Crippen molar-refractivity contribution in [1.82, 2.24) is 40.4 Å². The summed E-state index contributed by atoms with van der Waals surface area (Å²) in [6.45, 7) is 5.78. The summed E-state index contributed by atoms with van der Waals surface area (Å²) < 4.78 is 0. The van der Waals surface area contributed by atoms with Crippen LogP contribution in [0.2, 0.25) is 0 Å². The molecule has 2 fully saturated rings. The van der Waals surface area contributed by atoms with Crippen molar-refractivity contribution in [2.45, 2.75) is 69.7 Å². The van der Waals surface area contributed by atoms with E-state index in [2.05, 4.69) is 79.0 Å². The average Bonchev–Trinajstić information content (AvgIpc) is 4.07. The molecule has 8 rings (SSSR count). The molecule has 2 aliphatic rings. The van der Waals surface area contributed by atoms with Crippen LogP contribution >= 0.6 is 0 Å². The zero-order valence-corrected chi connectivity index (χ0v) is 33.4. The van der Waals surface area contributed by atoms with E-state index in [9.17, 15) is 19.5 Å². The van der Waals surface area contributed by atoms with Crippen molar-refractivity contribution in [2.24, 2.45) is 0 Å². The quantitative estimate of drug-likeness (QED) is 0.0730. The number of carbonyl (C=O) groups is 3. The lowest BCUT2D eigenvalue weighted by atomic mass is 9.94. The molecule has 4 heterocycles. The zero-order chi connectivity index (χ0) is 40.9. The Morgan fingerprint density at radius 1 is 0.729 bits per heavy atom. The van der Waals surface area contributed by atoms with E-state index in [-0.39, 0.29) is 18.0 Å². The smallest absolute Gasteiger partial charge is 0.406 e. The van der Waals surface area contributed by atoms with Crippen LogP contribution in [0.25, 0.3) is 33.6 Å². The van der Waals surface area contributed by atoms with Crippen LogP contribution in [0.5, 0.6) is 0 Å². The maximum atomic E-state index is 14.4. The minimum atomic E-state index is -1.66. The summed E-state index contributed by atoms with van der Waals surface area (Å²) in [5.41, 5.74) is 5.64. The van der Waals surface area contributed by atoms with Crippen LogP contribution in [-0.4, -0.2) is 72.3 Å². The average molecular weight is 791 g/mol. The topological polar surface area (TPSA) is 159 Å². The van der Waals surface area contributed by atoms with Crippen molar-refractivity contribution in [2.75, 3.05) is 19.6 Å². The number of imidazole rings is 2. The molecule has 12 nitrogen and oxygen atoms in total. The number of rotatable bonds is 13. The largest absolute Gasteiger partial charge is 0.465 e. The standard InChI is InChI=1S/C47H50N8O4/c1-31(52-47(32(2)56,53-46(58)59)38-15-8-4-9-16-38)43-48-29-39(50-43)35-22-18-33(19-23-35)34-20-24-36(25-21-34)40-30-49-44(51-40)41-17-12-28-55(41)45(57)42(37-13-6-3-7-14-37)54-26-10-5-11-27-54/h3-4,6-9,13-16,18-25,29-31,41-42,52-53H,5,10-12,17,26-28H2,1-2H3,(H,48,50)(H,49,51)(H,58,59)/t31?,41-,42+,47?/m0/s1. The molecule has 2 amide bonds. The van der Waals surface area contributed by atoms with Gasteiger partial charge in [-0.2, -0.15) is 0 Å². The number of nitrogens with zero attached hydrogens (tertiary/aromatic N) is 4. The molecule has 0 radical (unpaired) electrons. The second-order valence-electron chi connectivity index (χ2n) is 15.6. The Labute approximate surface area is 344 Å². The highest BCUT2D eigenvalue weighted by molar-refractivity contribution is 5.90. The molecule has 0 bridgehead atoms. The fourth-order valence-corrected chi connectivity index (χ4v) is 8.66. The monoisotopic (exact) mass is 790 g/mol. The molecule has 2 saturated heterocycles. The number of Topliss-reactive ketones (excluding diaryl/α,β-unsaturated/α-hetero) is 1.